The minimum atomic E-state index is 0.125. The summed E-state index contributed by atoms with van der Waals surface area (Å²) in [5.74, 6) is 0.274. The lowest BCUT2D eigenvalue weighted by Crippen LogP contribution is -2.30. The first-order valence-corrected chi connectivity index (χ1v) is 5.77. The van der Waals surface area contributed by atoms with E-state index in [0.29, 0.717) is 26.3 Å². The van der Waals surface area contributed by atoms with Crippen molar-refractivity contribution in [2.45, 2.75) is 33.1 Å². The second-order valence-electron chi connectivity index (χ2n) is 3.74. The van der Waals surface area contributed by atoms with E-state index < -0.39 is 0 Å². The molecule has 0 aromatic carbocycles. The standard InChI is InChI=1S/C11H24N2O2/c1-3-5-10(2)11(14)13-7-4-8-15-9-6-12/h10H,3-9,12H2,1-2H3,(H,13,14). The number of ether oxygens (including phenoxy) is 1. The second kappa shape index (κ2) is 9.93. The third-order valence-corrected chi connectivity index (χ3v) is 2.20. The van der Waals surface area contributed by atoms with Crippen LogP contribution >= 0.6 is 0 Å². The van der Waals surface area contributed by atoms with Crippen LogP contribution in [0.3, 0.4) is 0 Å². The number of amides is 1. The molecular formula is C11H24N2O2. The topological polar surface area (TPSA) is 64.3 Å². The molecule has 4 heteroatoms. The minimum Gasteiger partial charge on any atom is -0.380 e. The Morgan fingerprint density at radius 3 is 2.80 bits per heavy atom. The lowest BCUT2D eigenvalue weighted by atomic mass is 10.1. The summed E-state index contributed by atoms with van der Waals surface area (Å²) in [6, 6.07) is 0. The highest BCUT2D eigenvalue weighted by molar-refractivity contribution is 5.78. The fourth-order valence-electron chi connectivity index (χ4n) is 1.31. The second-order valence-corrected chi connectivity index (χ2v) is 3.74. The molecule has 1 atom stereocenters. The summed E-state index contributed by atoms with van der Waals surface area (Å²) in [5, 5.41) is 2.89. The van der Waals surface area contributed by atoms with Crippen LogP contribution in [-0.4, -0.2) is 32.2 Å². The Kier molecular flexibility index (Phi) is 9.52. The van der Waals surface area contributed by atoms with Gasteiger partial charge in [0.2, 0.25) is 5.91 Å². The fourth-order valence-corrected chi connectivity index (χ4v) is 1.31. The zero-order valence-corrected chi connectivity index (χ0v) is 9.92. The molecule has 90 valence electrons. The summed E-state index contributed by atoms with van der Waals surface area (Å²) in [4.78, 5) is 11.4. The molecule has 0 bridgehead atoms. The molecule has 0 aliphatic heterocycles. The van der Waals surface area contributed by atoms with Crippen molar-refractivity contribution in [3.8, 4) is 0 Å². The van der Waals surface area contributed by atoms with Crippen LogP contribution in [0.2, 0.25) is 0 Å². The van der Waals surface area contributed by atoms with E-state index in [0.717, 1.165) is 19.3 Å². The molecule has 0 rings (SSSR count). The molecule has 0 radical (unpaired) electrons. The van der Waals surface area contributed by atoms with Gasteiger partial charge in [-0.25, -0.2) is 0 Å². The Hall–Kier alpha value is -0.610. The molecule has 0 saturated carbocycles. The first-order valence-electron chi connectivity index (χ1n) is 5.77. The van der Waals surface area contributed by atoms with Crippen LogP contribution < -0.4 is 11.1 Å². The Morgan fingerprint density at radius 2 is 2.20 bits per heavy atom. The summed E-state index contributed by atoms with van der Waals surface area (Å²) >= 11 is 0. The van der Waals surface area contributed by atoms with E-state index >= 15 is 0 Å². The van der Waals surface area contributed by atoms with Crippen molar-refractivity contribution in [1.29, 1.82) is 0 Å². The summed E-state index contributed by atoms with van der Waals surface area (Å²) in [6.45, 7) is 6.56. The van der Waals surface area contributed by atoms with Crippen molar-refractivity contribution in [3.05, 3.63) is 0 Å². The van der Waals surface area contributed by atoms with Crippen LogP contribution in [0.15, 0.2) is 0 Å². The minimum absolute atomic E-state index is 0.125. The molecule has 0 fully saturated rings. The highest BCUT2D eigenvalue weighted by Crippen LogP contribution is 2.04. The molecule has 0 aromatic heterocycles. The maximum Gasteiger partial charge on any atom is 0.222 e. The SMILES string of the molecule is CCCC(C)C(=O)NCCCOCCN. The van der Waals surface area contributed by atoms with Gasteiger partial charge in [-0.3, -0.25) is 4.79 Å². The molecule has 0 aliphatic carbocycles. The molecule has 15 heavy (non-hydrogen) atoms. The van der Waals surface area contributed by atoms with E-state index in [1.165, 1.54) is 0 Å². The zero-order chi connectivity index (χ0) is 11.5. The van der Waals surface area contributed by atoms with Crippen LogP contribution in [-0.2, 0) is 9.53 Å². The molecule has 3 N–H and O–H groups in total. The van der Waals surface area contributed by atoms with Crippen LogP contribution in [0, 0.1) is 5.92 Å². The summed E-state index contributed by atoms with van der Waals surface area (Å²) in [7, 11) is 0. The average Bonchev–Trinajstić information content (AvgIpc) is 2.23. The molecule has 0 heterocycles. The van der Waals surface area contributed by atoms with Crippen molar-refractivity contribution in [2.24, 2.45) is 11.7 Å². The van der Waals surface area contributed by atoms with Gasteiger partial charge in [0.15, 0.2) is 0 Å². The molecule has 1 amide bonds. The number of hydrogen-bond donors (Lipinski definition) is 2. The molecule has 4 nitrogen and oxygen atoms in total. The van der Waals surface area contributed by atoms with Gasteiger partial charge in [0.25, 0.3) is 0 Å². The smallest absolute Gasteiger partial charge is 0.222 e. The third-order valence-electron chi connectivity index (χ3n) is 2.20. The van der Waals surface area contributed by atoms with Crippen LogP contribution in [0.4, 0.5) is 0 Å². The summed E-state index contributed by atoms with van der Waals surface area (Å²) in [6.07, 6.45) is 2.86. The van der Waals surface area contributed by atoms with Crippen molar-refractivity contribution >= 4 is 5.91 Å². The predicted molar refractivity (Wildman–Crippen MR) is 61.6 cm³/mol. The first-order chi connectivity index (χ1) is 7.22. The lowest BCUT2D eigenvalue weighted by Gasteiger charge is -2.10. The lowest BCUT2D eigenvalue weighted by molar-refractivity contribution is -0.124. The average molecular weight is 216 g/mol. The molecule has 1 unspecified atom stereocenters. The highest BCUT2D eigenvalue weighted by atomic mass is 16.5. The Bertz CT molecular complexity index is 163. The van der Waals surface area contributed by atoms with Crippen LogP contribution in [0.25, 0.3) is 0 Å². The maximum atomic E-state index is 11.4. The zero-order valence-electron chi connectivity index (χ0n) is 9.92. The molecular weight excluding hydrogens is 192 g/mol. The van der Waals surface area contributed by atoms with E-state index in [1.54, 1.807) is 0 Å². The van der Waals surface area contributed by atoms with Crippen molar-refractivity contribution in [1.82, 2.24) is 5.32 Å². The molecule has 0 spiro atoms. The Labute approximate surface area is 92.6 Å². The number of carbonyl (C=O) groups excluding carboxylic acids is 1. The van der Waals surface area contributed by atoms with Crippen molar-refractivity contribution < 1.29 is 9.53 Å². The van der Waals surface area contributed by atoms with Gasteiger partial charge in [-0.2, -0.15) is 0 Å². The summed E-state index contributed by atoms with van der Waals surface area (Å²) in [5.41, 5.74) is 5.27. The van der Waals surface area contributed by atoms with Gasteiger partial charge in [0, 0.05) is 25.6 Å². The van der Waals surface area contributed by atoms with E-state index in [-0.39, 0.29) is 11.8 Å². The van der Waals surface area contributed by atoms with E-state index in [1.807, 2.05) is 6.92 Å². The maximum absolute atomic E-state index is 11.4. The van der Waals surface area contributed by atoms with Crippen LogP contribution in [0.1, 0.15) is 33.1 Å². The number of nitrogens with one attached hydrogen (secondary N) is 1. The molecule has 0 aliphatic rings. The predicted octanol–water partition coefficient (Wildman–Crippen LogP) is 0.904. The largest absolute Gasteiger partial charge is 0.380 e. The highest BCUT2D eigenvalue weighted by Gasteiger charge is 2.09. The quantitative estimate of drug-likeness (QED) is 0.563. The Balaban J connectivity index is 3.30. The van der Waals surface area contributed by atoms with Gasteiger partial charge in [-0.1, -0.05) is 20.3 Å². The third kappa shape index (κ3) is 8.39. The normalized spacial score (nSPS) is 12.5. The fraction of sp³-hybridized carbons (Fsp3) is 0.909. The molecule has 0 aromatic rings. The number of hydrogen-bond acceptors (Lipinski definition) is 3. The van der Waals surface area contributed by atoms with Gasteiger partial charge in [0.1, 0.15) is 0 Å². The van der Waals surface area contributed by atoms with E-state index in [2.05, 4.69) is 12.2 Å². The van der Waals surface area contributed by atoms with Gasteiger partial charge < -0.3 is 15.8 Å². The summed E-state index contributed by atoms with van der Waals surface area (Å²) < 4.78 is 5.20. The van der Waals surface area contributed by atoms with Crippen molar-refractivity contribution in [2.75, 3.05) is 26.3 Å². The number of rotatable bonds is 9. The van der Waals surface area contributed by atoms with Gasteiger partial charge in [-0.05, 0) is 12.8 Å². The van der Waals surface area contributed by atoms with Gasteiger partial charge in [-0.15, -0.1) is 0 Å². The number of nitrogens with two attached hydrogens (primary N) is 1. The van der Waals surface area contributed by atoms with Gasteiger partial charge >= 0.3 is 0 Å². The molecule has 0 saturated heterocycles. The number of carbonyl (C=O) groups is 1. The van der Waals surface area contributed by atoms with Crippen LogP contribution in [0.5, 0.6) is 0 Å². The monoisotopic (exact) mass is 216 g/mol. The van der Waals surface area contributed by atoms with Gasteiger partial charge in [0.05, 0.1) is 6.61 Å². The van der Waals surface area contributed by atoms with E-state index in [9.17, 15) is 4.79 Å². The Morgan fingerprint density at radius 1 is 1.47 bits per heavy atom. The van der Waals surface area contributed by atoms with Crippen molar-refractivity contribution in [3.63, 3.8) is 0 Å². The van der Waals surface area contributed by atoms with E-state index in [4.69, 9.17) is 10.5 Å². The first kappa shape index (κ1) is 14.4.